The molecule has 0 aromatic heterocycles. The highest BCUT2D eigenvalue weighted by molar-refractivity contribution is 8.26. The monoisotopic (exact) mass is 434 g/mol. The van der Waals surface area contributed by atoms with Crippen LogP contribution in [-0.4, -0.2) is 29.9 Å². The zero-order valence-electron chi connectivity index (χ0n) is 14.7. The fourth-order valence-corrected chi connectivity index (χ4v) is 3.56. The van der Waals surface area contributed by atoms with E-state index in [4.69, 9.17) is 33.3 Å². The largest absolute Gasteiger partial charge is 0.497 e. The summed E-state index contributed by atoms with van der Waals surface area (Å²) in [6.07, 6.45) is 1.63. The lowest BCUT2D eigenvalue weighted by Gasteiger charge is -2.11. The summed E-state index contributed by atoms with van der Waals surface area (Å²) in [4.78, 5) is 24.5. The van der Waals surface area contributed by atoms with Gasteiger partial charge >= 0.3 is 0 Å². The maximum atomic E-state index is 12.2. The topological polar surface area (TPSA) is 76.7 Å². The number of thiocarbonyl (C=S) groups is 1. The van der Waals surface area contributed by atoms with Crippen LogP contribution in [0.25, 0.3) is 6.08 Å². The first-order chi connectivity index (χ1) is 13.4. The number of hydrogen-bond acceptors (Lipinski definition) is 6. The van der Waals surface area contributed by atoms with E-state index in [1.54, 1.807) is 55.7 Å². The molecule has 0 spiro atoms. The lowest BCUT2D eigenvalue weighted by Crippen LogP contribution is -2.20. The summed E-state index contributed by atoms with van der Waals surface area (Å²) < 4.78 is 11.1. The van der Waals surface area contributed by atoms with Gasteiger partial charge in [0.2, 0.25) is 0 Å². The normalized spacial score (nSPS) is 14.7. The molecular weight excluding hydrogens is 420 g/mol. The van der Waals surface area contributed by atoms with Crippen molar-refractivity contribution in [1.82, 2.24) is 5.32 Å². The van der Waals surface area contributed by atoms with Gasteiger partial charge in [-0.15, -0.1) is 0 Å². The SMILES string of the molecule is COc1ccc(NC(=O)COc2ccc(Cl)cc2/C=C2\SC(=S)NC2=O)cc1. The Morgan fingerprint density at radius 1 is 1.29 bits per heavy atom. The molecule has 144 valence electrons. The van der Waals surface area contributed by atoms with E-state index in [2.05, 4.69) is 10.6 Å². The minimum absolute atomic E-state index is 0.207. The zero-order valence-corrected chi connectivity index (χ0v) is 17.0. The predicted octanol–water partition coefficient (Wildman–Crippen LogP) is 3.85. The summed E-state index contributed by atoms with van der Waals surface area (Å²) in [5.41, 5.74) is 1.20. The third kappa shape index (κ3) is 5.25. The summed E-state index contributed by atoms with van der Waals surface area (Å²) in [5.74, 6) is 0.514. The van der Waals surface area contributed by atoms with Gasteiger partial charge in [0.1, 0.15) is 15.8 Å². The average Bonchev–Trinajstić information content (AvgIpc) is 2.98. The molecule has 1 heterocycles. The van der Waals surface area contributed by atoms with Crippen LogP contribution in [0.1, 0.15) is 5.56 Å². The molecule has 2 amide bonds. The van der Waals surface area contributed by atoms with Crippen molar-refractivity contribution in [2.24, 2.45) is 0 Å². The Kier molecular flexibility index (Phi) is 6.56. The van der Waals surface area contributed by atoms with Crippen LogP contribution in [0.4, 0.5) is 5.69 Å². The first-order valence-electron chi connectivity index (χ1n) is 8.06. The van der Waals surface area contributed by atoms with E-state index >= 15 is 0 Å². The molecule has 1 fully saturated rings. The highest BCUT2D eigenvalue weighted by Gasteiger charge is 2.22. The summed E-state index contributed by atoms with van der Waals surface area (Å²) in [5, 5.41) is 5.76. The molecule has 2 aromatic rings. The van der Waals surface area contributed by atoms with Crippen molar-refractivity contribution in [3.05, 3.63) is 58.0 Å². The van der Waals surface area contributed by atoms with Crippen LogP contribution in [0.3, 0.4) is 0 Å². The van der Waals surface area contributed by atoms with Crippen LogP contribution in [-0.2, 0) is 9.59 Å². The fraction of sp³-hybridized carbons (Fsp3) is 0.105. The average molecular weight is 435 g/mol. The number of benzene rings is 2. The second kappa shape index (κ2) is 9.09. The van der Waals surface area contributed by atoms with Gasteiger partial charge < -0.3 is 20.1 Å². The van der Waals surface area contributed by atoms with Crippen molar-refractivity contribution < 1.29 is 19.1 Å². The number of carbonyl (C=O) groups excluding carboxylic acids is 2. The van der Waals surface area contributed by atoms with E-state index in [1.807, 2.05) is 0 Å². The van der Waals surface area contributed by atoms with Gasteiger partial charge in [0, 0.05) is 16.3 Å². The lowest BCUT2D eigenvalue weighted by atomic mass is 10.2. The summed E-state index contributed by atoms with van der Waals surface area (Å²) >= 11 is 12.2. The molecule has 1 saturated heterocycles. The highest BCUT2D eigenvalue weighted by Crippen LogP contribution is 2.31. The van der Waals surface area contributed by atoms with Gasteiger partial charge in [-0.25, -0.2) is 0 Å². The molecule has 0 radical (unpaired) electrons. The van der Waals surface area contributed by atoms with E-state index < -0.39 is 0 Å². The van der Waals surface area contributed by atoms with Crippen molar-refractivity contribution in [2.75, 3.05) is 19.0 Å². The van der Waals surface area contributed by atoms with Crippen molar-refractivity contribution in [2.45, 2.75) is 0 Å². The Morgan fingerprint density at radius 3 is 2.68 bits per heavy atom. The number of carbonyl (C=O) groups is 2. The van der Waals surface area contributed by atoms with E-state index in [-0.39, 0.29) is 18.4 Å². The smallest absolute Gasteiger partial charge is 0.263 e. The van der Waals surface area contributed by atoms with Gasteiger partial charge in [0.05, 0.1) is 12.0 Å². The number of hydrogen-bond donors (Lipinski definition) is 2. The Morgan fingerprint density at radius 2 is 2.04 bits per heavy atom. The Hall–Kier alpha value is -2.55. The van der Waals surface area contributed by atoms with Crippen molar-refractivity contribution in [1.29, 1.82) is 0 Å². The molecule has 0 atom stereocenters. The number of thioether (sulfide) groups is 1. The number of methoxy groups -OCH3 is 1. The molecule has 9 heteroatoms. The quantitative estimate of drug-likeness (QED) is 0.531. The van der Waals surface area contributed by atoms with Gasteiger partial charge in [-0.2, -0.15) is 0 Å². The highest BCUT2D eigenvalue weighted by atomic mass is 35.5. The maximum absolute atomic E-state index is 12.2. The molecular formula is C19H15ClN2O4S2. The van der Waals surface area contributed by atoms with Crippen LogP contribution in [0, 0.1) is 0 Å². The van der Waals surface area contributed by atoms with E-state index in [0.717, 1.165) is 11.8 Å². The first-order valence-corrected chi connectivity index (χ1v) is 9.66. The van der Waals surface area contributed by atoms with Crippen molar-refractivity contribution >= 4 is 63.5 Å². The Labute approximate surface area is 176 Å². The predicted molar refractivity (Wildman–Crippen MR) is 115 cm³/mol. The third-order valence-electron chi connectivity index (χ3n) is 3.63. The molecule has 2 aromatic carbocycles. The Bertz CT molecular complexity index is 961. The number of rotatable bonds is 6. The third-order valence-corrected chi connectivity index (χ3v) is 5.03. The molecule has 3 rings (SSSR count). The molecule has 1 aliphatic heterocycles. The summed E-state index contributed by atoms with van der Waals surface area (Å²) in [6, 6.07) is 11.9. The summed E-state index contributed by atoms with van der Waals surface area (Å²) in [7, 11) is 1.57. The van der Waals surface area contributed by atoms with Gasteiger partial charge in [-0.1, -0.05) is 35.6 Å². The van der Waals surface area contributed by atoms with Gasteiger partial charge in [-0.05, 0) is 48.5 Å². The first kappa shape index (κ1) is 20.2. The second-order valence-electron chi connectivity index (χ2n) is 5.60. The number of anilines is 1. The lowest BCUT2D eigenvalue weighted by molar-refractivity contribution is -0.118. The molecule has 0 saturated carbocycles. The zero-order chi connectivity index (χ0) is 20.1. The molecule has 2 N–H and O–H groups in total. The number of nitrogens with one attached hydrogen (secondary N) is 2. The van der Waals surface area contributed by atoms with Gasteiger partial charge in [0.25, 0.3) is 11.8 Å². The van der Waals surface area contributed by atoms with Crippen LogP contribution < -0.4 is 20.1 Å². The molecule has 0 unspecified atom stereocenters. The minimum Gasteiger partial charge on any atom is -0.497 e. The number of amides is 2. The van der Waals surface area contributed by atoms with Crippen LogP contribution >= 0.6 is 35.6 Å². The van der Waals surface area contributed by atoms with Crippen LogP contribution in [0.5, 0.6) is 11.5 Å². The van der Waals surface area contributed by atoms with Crippen molar-refractivity contribution in [3.8, 4) is 11.5 Å². The summed E-state index contributed by atoms with van der Waals surface area (Å²) in [6.45, 7) is -0.207. The number of halogens is 1. The Balaban J connectivity index is 1.68. The minimum atomic E-state index is -0.326. The van der Waals surface area contributed by atoms with E-state index in [9.17, 15) is 9.59 Å². The number of ether oxygens (including phenoxy) is 2. The van der Waals surface area contributed by atoms with Crippen LogP contribution in [0.2, 0.25) is 5.02 Å². The molecule has 6 nitrogen and oxygen atoms in total. The second-order valence-corrected chi connectivity index (χ2v) is 7.76. The molecule has 0 bridgehead atoms. The molecule has 1 aliphatic rings. The van der Waals surface area contributed by atoms with Gasteiger partial charge in [-0.3, -0.25) is 9.59 Å². The fourth-order valence-electron chi connectivity index (χ4n) is 2.34. The van der Waals surface area contributed by atoms with Crippen LogP contribution in [0.15, 0.2) is 47.4 Å². The van der Waals surface area contributed by atoms with Crippen molar-refractivity contribution in [3.63, 3.8) is 0 Å². The standard InChI is InChI=1S/C19H15ClN2O4S2/c1-25-14-5-3-13(4-6-14)21-17(23)10-26-15-7-2-12(20)8-11(15)9-16-18(24)22-19(27)28-16/h2-9H,10H2,1H3,(H,21,23)(H,22,24,27)/b16-9-. The maximum Gasteiger partial charge on any atom is 0.263 e. The molecule has 0 aliphatic carbocycles. The molecule has 28 heavy (non-hydrogen) atoms. The van der Waals surface area contributed by atoms with E-state index in [1.165, 1.54) is 0 Å². The van der Waals surface area contributed by atoms with Gasteiger partial charge in [0.15, 0.2) is 6.61 Å². The van der Waals surface area contributed by atoms with E-state index in [0.29, 0.717) is 37.0 Å².